The van der Waals surface area contributed by atoms with Crippen molar-refractivity contribution in [1.29, 1.82) is 0 Å². The highest BCUT2D eigenvalue weighted by Gasteiger charge is 2.38. The highest BCUT2D eigenvalue weighted by Crippen LogP contribution is 2.31. The normalized spacial score (nSPS) is 19.9. The first kappa shape index (κ1) is 22.5. The molecular weight excluding hydrogens is 417 g/mol. The van der Waals surface area contributed by atoms with Crippen molar-refractivity contribution in [3.63, 3.8) is 0 Å². The molecule has 1 aromatic heterocycles. The van der Waals surface area contributed by atoms with Crippen molar-refractivity contribution in [1.82, 2.24) is 15.2 Å². The molecule has 0 unspecified atom stereocenters. The number of rotatable bonds is 2. The van der Waals surface area contributed by atoms with Crippen LogP contribution in [0.5, 0.6) is 0 Å². The van der Waals surface area contributed by atoms with Crippen LogP contribution in [0.3, 0.4) is 0 Å². The van der Waals surface area contributed by atoms with Gasteiger partial charge in [0.2, 0.25) is 0 Å². The van der Waals surface area contributed by atoms with E-state index < -0.39 is 0 Å². The number of fused-ring (bicyclic) bond motifs is 2. The maximum atomic E-state index is 13.5. The molecule has 0 spiro atoms. The Morgan fingerprint density at radius 3 is 2.40 bits per heavy atom. The number of para-hydroxylation sites is 1. The molecule has 0 radical (unpaired) electrons. The summed E-state index contributed by atoms with van der Waals surface area (Å²) in [6.07, 6.45) is 0. The van der Waals surface area contributed by atoms with Gasteiger partial charge in [-0.15, -0.1) is 24.8 Å². The smallest absolute Gasteiger partial charge is 0.254 e. The first-order valence-corrected chi connectivity index (χ1v) is 10.1. The Balaban J connectivity index is 0.00000128. The minimum atomic E-state index is 0. The fourth-order valence-electron chi connectivity index (χ4n) is 4.78. The standard InChI is InChI=1S/C24H25N3O.2ClH/c1-15-7-8-19(16(2)9-15)23-10-21(20-5-3-4-6-22(20)26-23)24(28)27-13-17-11-25-12-18(17)14-27;;/h3-10,17-18,25H,11-14H2,1-2H3;2*1H/t17-,18+;;. The number of benzene rings is 2. The van der Waals surface area contributed by atoms with Gasteiger partial charge >= 0.3 is 0 Å². The molecule has 6 heteroatoms. The van der Waals surface area contributed by atoms with Crippen molar-refractivity contribution in [2.75, 3.05) is 26.2 Å². The van der Waals surface area contributed by atoms with E-state index >= 15 is 0 Å². The number of carbonyl (C=O) groups excluding carboxylic acids is 1. The molecule has 0 bridgehead atoms. The predicted octanol–water partition coefficient (Wildman–Crippen LogP) is 4.65. The molecule has 1 N–H and O–H groups in total. The monoisotopic (exact) mass is 443 g/mol. The van der Waals surface area contributed by atoms with E-state index in [1.54, 1.807) is 0 Å². The lowest BCUT2D eigenvalue weighted by Gasteiger charge is -2.19. The van der Waals surface area contributed by atoms with Gasteiger partial charge in [-0.1, -0.05) is 42.0 Å². The lowest BCUT2D eigenvalue weighted by atomic mass is 9.99. The van der Waals surface area contributed by atoms with Gasteiger partial charge in [0.05, 0.1) is 16.8 Å². The van der Waals surface area contributed by atoms with Crippen molar-refractivity contribution >= 4 is 41.6 Å². The highest BCUT2D eigenvalue weighted by molar-refractivity contribution is 6.07. The third-order valence-electron chi connectivity index (χ3n) is 6.28. The largest absolute Gasteiger partial charge is 0.338 e. The summed E-state index contributed by atoms with van der Waals surface area (Å²) in [6, 6.07) is 16.4. The van der Waals surface area contributed by atoms with Gasteiger partial charge < -0.3 is 10.2 Å². The molecule has 5 rings (SSSR count). The molecule has 0 aliphatic carbocycles. The number of aryl methyl sites for hydroxylation is 2. The topological polar surface area (TPSA) is 45.2 Å². The zero-order chi connectivity index (χ0) is 19.3. The first-order valence-electron chi connectivity index (χ1n) is 10.1. The number of aromatic nitrogens is 1. The second-order valence-electron chi connectivity index (χ2n) is 8.28. The van der Waals surface area contributed by atoms with Gasteiger partial charge in [-0.25, -0.2) is 4.98 Å². The number of nitrogens with zero attached hydrogens (tertiary/aromatic N) is 2. The minimum absolute atomic E-state index is 0. The summed E-state index contributed by atoms with van der Waals surface area (Å²) in [5.74, 6) is 1.32. The van der Waals surface area contributed by atoms with Crippen LogP contribution in [0.25, 0.3) is 22.2 Å². The predicted molar refractivity (Wildman–Crippen MR) is 127 cm³/mol. The highest BCUT2D eigenvalue weighted by atomic mass is 35.5. The molecule has 2 aromatic carbocycles. The lowest BCUT2D eigenvalue weighted by Crippen LogP contribution is -2.32. The van der Waals surface area contributed by atoms with Crippen LogP contribution in [0.1, 0.15) is 21.5 Å². The minimum Gasteiger partial charge on any atom is -0.338 e. The van der Waals surface area contributed by atoms with Crippen molar-refractivity contribution in [2.45, 2.75) is 13.8 Å². The molecule has 30 heavy (non-hydrogen) atoms. The van der Waals surface area contributed by atoms with E-state index in [1.807, 2.05) is 35.2 Å². The number of nitrogens with one attached hydrogen (secondary N) is 1. The third-order valence-corrected chi connectivity index (χ3v) is 6.28. The molecule has 3 heterocycles. The van der Waals surface area contributed by atoms with Crippen LogP contribution in [0.15, 0.2) is 48.5 Å². The Bertz CT molecular complexity index is 1070. The fraction of sp³-hybridized carbons (Fsp3) is 0.333. The molecule has 2 aliphatic heterocycles. The van der Waals surface area contributed by atoms with Gasteiger partial charge in [-0.2, -0.15) is 0 Å². The Labute approximate surface area is 189 Å². The van der Waals surface area contributed by atoms with E-state index in [0.717, 1.165) is 53.9 Å². The average molecular weight is 444 g/mol. The van der Waals surface area contributed by atoms with E-state index in [2.05, 4.69) is 37.4 Å². The molecule has 2 fully saturated rings. The summed E-state index contributed by atoms with van der Waals surface area (Å²) in [4.78, 5) is 20.4. The van der Waals surface area contributed by atoms with E-state index in [9.17, 15) is 4.79 Å². The van der Waals surface area contributed by atoms with Crippen LogP contribution in [-0.2, 0) is 0 Å². The summed E-state index contributed by atoms with van der Waals surface area (Å²) in [7, 11) is 0. The zero-order valence-corrected chi connectivity index (χ0v) is 18.9. The second kappa shape index (κ2) is 8.93. The number of likely N-dealkylation sites (tertiary alicyclic amines) is 1. The van der Waals surface area contributed by atoms with Crippen LogP contribution in [0.4, 0.5) is 0 Å². The number of pyridine rings is 1. The lowest BCUT2D eigenvalue weighted by molar-refractivity contribution is 0.0783. The fourth-order valence-corrected chi connectivity index (χ4v) is 4.78. The van der Waals surface area contributed by atoms with Crippen LogP contribution in [0, 0.1) is 25.7 Å². The molecule has 2 atom stereocenters. The van der Waals surface area contributed by atoms with Gasteiger partial charge in [0.25, 0.3) is 5.91 Å². The maximum absolute atomic E-state index is 13.5. The van der Waals surface area contributed by atoms with Crippen LogP contribution >= 0.6 is 24.8 Å². The SMILES string of the molecule is Cc1ccc(-c2cc(C(=O)N3C[C@H]4CNC[C@H]4C3)c3ccccc3n2)c(C)c1.Cl.Cl. The number of halogens is 2. The van der Waals surface area contributed by atoms with Crippen molar-refractivity contribution < 1.29 is 4.79 Å². The third kappa shape index (κ3) is 3.92. The van der Waals surface area contributed by atoms with Gasteiger partial charge in [0.1, 0.15) is 0 Å². The van der Waals surface area contributed by atoms with Crippen LogP contribution in [0.2, 0.25) is 0 Å². The van der Waals surface area contributed by atoms with Crippen LogP contribution in [-0.4, -0.2) is 42.0 Å². The Morgan fingerprint density at radius 2 is 1.70 bits per heavy atom. The molecule has 2 saturated heterocycles. The molecule has 158 valence electrons. The van der Waals surface area contributed by atoms with Crippen LogP contribution < -0.4 is 5.32 Å². The van der Waals surface area contributed by atoms with Gasteiger partial charge in [-0.05, 0) is 43.4 Å². The zero-order valence-electron chi connectivity index (χ0n) is 17.2. The van der Waals surface area contributed by atoms with Crippen molar-refractivity contribution in [3.8, 4) is 11.3 Å². The number of hydrogen-bond acceptors (Lipinski definition) is 3. The molecule has 2 aliphatic rings. The Kier molecular flexibility index (Phi) is 6.71. The summed E-state index contributed by atoms with van der Waals surface area (Å²) < 4.78 is 0. The summed E-state index contributed by atoms with van der Waals surface area (Å²) in [5, 5.41) is 4.39. The molecule has 1 amide bonds. The van der Waals surface area contributed by atoms with E-state index in [0.29, 0.717) is 11.8 Å². The van der Waals surface area contributed by atoms with Crippen molar-refractivity contribution in [3.05, 3.63) is 65.2 Å². The second-order valence-corrected chi connectivity index (χ2v) is 8.28. The average Bonchev–Trinajstić information content (AvgIpc) is 3.29. The van der Waals surface area contributed by atoms with Crippen molar-refractivity contribution in [2.24, 2.45) is 11.8 Å². The Hall–Kier alpha value is -2.14. The molecule has 3 aromatic rings. The quantitative estimate of drug-likeness (QED) is 0.626. The molecule has 4 nitrogen and oxygen atoms in total. The summed E-state index contributed by atoms with van der Waals surface area (Å²) in [5.41, 5.74) is 6.03. The molecule has 0 saturated carbocycles. The van der Waals surface area contributed by atoms with E-state index in [-0.39, 0.29) is 30.7 Å². The molecular formula is C24H27Cl2N3O. The summed E-state index contributed by atoms with van der Waals surface area (Å²) >= 11 is 0. The number of hydrogen-bond donors (Lipinski definition) is 1. The number of amides is 1. The number of carbonyl (C=O) groups is 1. The van der Waals surface area contributed by atoms with E-state index in [1.165, 1.54) is 11.1 Å². The summed E-state index contributed by atoms with van der Waals surface area (Å²) in [6.45, 7) is 7.96. The van der Waals surface area contributed by atoms with Gasteiger partial charge in [0, 0.05) is 37.1 Å². The van der Waals surface area contributed by atoms with Gasteiger partial charge in [0.15, 0.2) is 0 Å². The van der Waals surface area contributed by atoms with Gasteiger partial charge in [-0.3, -0.25) is 4.79 Å². The Morgan fingerprint density at radius 1 is 1.00 bits per heavy atom. The maximum Gasteiger partial charge on any atom is 0.254 e. The van der Waals surface area contributed by atoms with E-state index in [4.69, 9.17) is 4.98 Å². The first-order chi connectivity index (χ1) is 13.6.